The zero-order valence-corrected chi connectivity index (χ0v) is 11.1. The molecule has 0 spiro atoms. The standard InChI is InChI=1S/C13H10N2O4S/c16-14(17)11-7-6-10(8-12(11)15(18)19)13(20)9-4-2-1-3-5-9/h1-8,13,20H. The summed E-state index contributed by atoms with van der Waals surface area (Å²) in [4.78, 5) is 20.2. The minimum absolute atomic E-state index is 0.379. The van der Waals surface area contributed by atoms with Gasteiger partial charge in [0.25, 0.3) is 0 Å². The summed E-state index contributed by atoms with van der Waals surface area (Å²) in [6, 6.07) is 13.0. The highest BCUT2D eigenvalue weighted by atomic mass is 32.1. The highest BCUT2D eigenvalue weighted by Crippen LogP contribution is 2.34. The number of rotatable bonds is 4. The molecule has 0 amide bonds. The Kier molecular flexibility index (Phi) is 3.99. The van der Waals surface area contributed by atoms with Crippen LogP contribution in [0.4, 0.5) is 11.4 Å². The highest BCUT2D eigenvalue weighted by Gasteiger charge is 2.25. The van der Waals surface area contributed by atoms with Crippen molar-refractivity contribution >= 4 is 24.0 Å². The Hall–Kier alpha value is -2.41. The minimum atomic E-state index is -0.766. The second-order valence-electron chi connectivity index (χ2n) is 4.08. The molecular weight excluding hydrogens is 280 g/mol. The van der Waals surface area contributed by atoms with E-state index < -0.39 is 21.2 Å². The summed E-state index contributed by atoms with van der Waals surface area (Å²) in [5.41, 5.74) is 0.352. The fourth-order valence-electron chi connectivity index (χ4n) is 1.84. The molecule has 20 heavy (non-hydrogen) atoms. The Morgan fingerprint density at radius 1 is 0.850 bits per heavy atom. The second-order valence-corrected chi connectivity index (χ2v) is 4.59. The molecular formula is C13H10N2O4S. The van der Waals surface area contributed by atoms with Gasteiger partial charge in [-0.1, -0.05) is 36.4 Å². The molecule has 1 atom stereocenters. The molecule has 6 nitrogen and oxygen atoms in total. The van der Waals surface area contributed by atoms with Crippen LogP contribution in [0.15, 0.2) is 48.5 Å². The van der Waals surface area contributed by atoms with E-state index in [0.717, 1.165) is 11.6 Å². The van der Waals surface area contributed by atoms with Crippen molar-refractivity contribution in [2.45, 2.75) is 5.25 Å². The molecule has 0 aromatic heterocycles. The van der Waals surface area contributed by atoms with Gasteiger partial charge in [-0.2, -0.15) is 12.6 Å². The van der Waals surface area contributed by atoms with Crippen molar-refractivity contribution in [2.24, 2.45) is 0 Å². The van der Waals surface area contributed by atoms with Gasteiger partial charge < -0.3 is 0 Å². The van der Waals surface area contributed by atoms with Crippen molar-refractivity contribution in [3.05, 3.63) is 79.9 Å². The fourth-order valence-corrected chi connectivity index (χ4v) is 2.17. The van der Waals surface area contributed by atoms with Gasteiger partial charge in [-0.25, -0.2) is 0 Å². The van der Waals surface area contributed by atoms with Crippen LogP contribution in [0.5, 0.6) is 0 Å². The van der Waals surface area contributed by atoms with E-state index in [1.807, 2.05) is 30.3 Å². The molecule has 1 unspecified atom stereocenters. The predicted molar refractivity (Wildman–Crippen MR) is 77.0 cm³/mol. The third-order valence-corrected chi connectivity index (χ3v) is 3.42. The fraction of sp³-hybridized carbons (Fsp3) is 0.0769. The molecule has 0 saturated heterocycles. The summed E-state index contributed by atoms with van der Waals surface area (Å²) in [6.45, 7) is 0. The summed E-state index contributed by atoms with van der Waals surface area (Å²) < 4.78 is 0. The van der Waals surface area contributed by atoms with E-state index in [2.05, 4.69) is 12.6 Å². The number of benzene rings is 2. The molecule has 2 aromatic carbocycles. The van der Waals surface area contributed by atoms with Gasteiger partial charge in [0, 0.05) is 12.1 Å². The third kappa shape index (κ3) is 2.77. The van der Waals surface area contributed by atoms with Crippen molar-refractivity contribution in [1.82, 2.24) is 0 Å². The van der Waals surface area contributed by atoms with Gasteiger partial charge in [0.15, 0.2) is 0 Å². The van der Waals surface area contributed by atoms with E-state index in [0.29, 0.717) is 5.56 Å². The number of nitro groups is 2. The van der Waals surface area contributed by atoms with E-state index in [9.17, 15) is 20.2 Å². The topological polar surface area (TPSA) is 86.3 Å². The number of nitro benzene ring substituents is 2. The van der Waals surface area contributed by atoms with Crippen LogP contribution in [0.3, 0.4) is 0 Å². The van der Waals surface area contributed by atoms with Crippen LogP contribution in [0.2, 0.25) is 0 Å². The molecule has 102 valence electrons. The lowest BCUT2D eigenvalue weighted by atomic mass is 10.0. The molecule has 0 N–H and O–H groups in total. The average Bonchev–Trinajstić information content (AvgIpc) is 2.46. The molecule has 7 heteroatoms. The van der Waals surface area contributed by atoms with Crippen LogP contribution in [0, 0.1) is 20.2 Å². The highest BCUT2D eigenvalue weighted by molar-refractivity contribution is 7.80. The summed E-state index contributed by atoms with van der Waals surface area (Å²) in [5, 5.41) is 21.3. The number of nitrogens with zero attached hydrogens (tertiary/aromatic N) is 2. The van der Waals surface area contributed by atoms with Crippen LogP contribution in [0.1, 0.15) is 16.4 Å². The van der Waals surface area contributed by atoms with Crippen molar-refractivity contribution in [3.8, 4) is 0 Å². The molecule has 0 bridgehead atoms. The Balaban J connectivity index is 2.46. The Labute approximate surface area is 119 Å². The van der Waals surface area contributed by atoms with Gasteiger partial charge in [0.05, 0.1) is 15.1 Å². The first-order valence-electron chi connectivity index (χ1n) is 5.66. The van der Waals surface area contributed by atoms with E-state index >= 15 is 0 Å². The zero-order chi connectivity index (χ0) is 14.7. The lowest BCUT2D eigenvalue weighted by Gasteiger charge is -2.11. The van der Waals surface area contributed by atoms with Crippen LogP contribution in [0.25, 0.3) is 0 Å². The van der Waals surface area contributed by atoms with E-state index in [1.54, 1.807) is 0 Å². The van der Waals surface area contributed by atoms with Crippen molar-refractivity contribution < 1.29 is 9.85 Å². The second kappa shape index (κ2) is 5.70. The van der Waals surface area contributed by atoms with Gasteiger partial charge in [-0.3, -0.25) is 20.2 Å². The molecule has 0 radical (unpaired) electrons. The van der Waals surface area contributed by atoms with Gasteiger partial charge in [0.2, 0.25) is 0 Å². The Morgan fingerprint density at radius 3 is 2.00 bits per heavy atom. The molecule has 0 fully saturated rings. The van der Waals surface area contributed by atoms with Crippen LogP contribution in [-0.4, -0.2) is 9.85 Å². The van der Waals surface area contributed by atoms with Crippen molar-refractivity contribution in [3.63, 3.8) is 0 Å². The lowest BCUT2D eigenvalue weighted by Crippen LogP contribution is -2.00. The zero-order valence-electron chi connectivity index (χ0n) is 10.2. The first-order chi connectivity index (χ1) is 9.50. The quantitative estimate of drug-likeness (QED) is 0.530. The molecule has 0 aliphatic heterocycles. The summed E-state index contributed by atoms with van der Waals surface area (Å²) in [7, 11) is 0. The molecule has 0 aliphatic rings. The molecule has 0 aliphatic carbocycles. The Bertz CT molecular complexity index is 661. The van der Waals surface area contributed by atoms with Crippen LogP contribution in [-0.2, 0) is 0 Å². The smallest absolute Gasteiger partial charge is 0.258 e. The van der Waals surface area contributed by atoms with E-state index in [-0.39, 0.29) is 5.25 Å². The first kappa shape index (κ1) is 14.0. The lowest BCUT2D eigenvalue weighted by molar-refractivity contribution is -0.422. The predicted octanol–water partition coefficient (Wildman–Crippen LogP) is 3.52. The largest absolute Gasteiger partial charge is 0.346 e. The minimum Gasteiger partial charge on any atom is -0.258 e. The van der Waals surface area contributed by atoms with Gasteiger partial charge in [-0.15, -0.1) is 0 Å². The maximum absolute atomic E-state index is 10.9. The average molecular weight is 290 g/mol. The van der Waals surface area contributed by atoms with Gasteiger partial charge >= 0.3 is 11.4 Å². The van der Waals surface area contributed by atoms with Gasteiger partial charge in [-0.05, 0) is 11.1 Å². The Morgan fingerprint density at radius 2 is 1.45 bits per heavy atom. The van der Waals surface area contributed by atoms with Gasteiger partial charge in [0.1, 0.15) is 0 Å². The van der Waals surface area contributed by atoms with Crippen molar-refractivity contribution in [2.75, 3.05) is 0 Å². The van der Waals surface area contributed by atoms with Crippen LogP contribution < -0.4 is 0 Å². The van der Waals surface area contributed by atoms with Crippen LogP contribution >= 0.6 is 12.6 Å². The van der Waals surface area contributed by atoms with E-state index in [1.165, 1.54) is 12.1 Å². The number of hydrogen-bond acceptors (Lipinski definition) is 5. The summed E-state index contributed by atoms with van der Waals surface area (Å²) in [6.07, 6.45) is 0. The van der Waals surface area contributed by atoms with Crippen molar-refractivity contribution in [1.29, 1.82) is 0 Å². The molecule has 0 saturated carbocycles. The molecule has 2 rings (SSSR count). The number of thiol groups is 1. The SMILES string of the molecule is O=[N+]([O-])c1ccc(C(S)c2ccccc2)cc1[N+](=O)[O-]. The van der Waals surface area contributed by atoms with E-state index in [4.69, 9.17) is 0 Å². The number of hydrogen-bond donors (Lipinski definition) is 1. The maximum Gasteiger partial charge on any atom is 0.346 e. The summed E-state index contributed by atoms with van der Waals surface area (Å²) in [5.74, 6) is 0. The first-order valence-corrected chi connectivity index (χ1v) is 6.18. The maximum atomic E-state index is 10.9. The molecule has 0 heterocycles. The summed E-state index contributed by atoms with van der Waals surface area (Å²) >= 11 is 4.42. The third-order valence-electron chi connectivity index (χ3n) is 2.82. The monoisotopic (exact) mass is 290 g/mol. The molecule has 2 aromatic rings. The normalized spacial score (nSPS) is 11.8.